The van der Waals surface area contributed by atoms with E-state index in [1.807, 2.05) is 7.05 Å². The van der Waals surface area contributed by atoms with Crippen LogP contribution < -0.4 is 0 Å². The molecule has 1 aromatic carbocycles. The lowest BCUT2D eigenvalue weighted by Gasteiger charge is -2.01. The van der Waals surface area contributed by atoms with Crippen LogP contribution in [0.1, 0.15) is 12.5 Å². The SMILES string of the molecule is CCc1ccc(-c2ncnn2C)cc1. The van der Waals surface area contributed by atoms with Gasteiger partial charge in [-0.1, -0.05) is 31.2 Å². The van der Waals surface area contributed by atoms with E-state index in [4.69, 9.17) is 0 Å². The van der Waals surface area contributed by atoms with Crippen molar-refractivity contribution in [1.29, 1.82) is 0 Å². The van der Waals surface area contributed by atoms with Gasteiger partial charge in [0.1, 0.15) is 6.33 Å². The Kier molecular flexibility index (Phi) is 2.31. The van der Waals surface area contributed by atoms with Crippen LogP contribution in [0.2, 0.25) is 0 Å². The van der Waals surface area contributed by atoms with Crippen molar-refractivity contribution in [3.05, 3.63) is 36.2 Å². The van der Waals surface area contributed by atoms with Crippen LogP contribution in [0.25, 0.3) is 11.4 Å². The van der Waals surface area contributed by atoms with Gasteiger partial charge in [0.2, 0.25) is 0 Å². The van der Waals surface area contributed by atoms with Crippen molar-refractivity contribution in [2.75, 3.05) is 0 Å². The Labute approximate surface area is 83.4 Å². The molecule has 0 amide bonds. The van der Waals surface area contributed by atoms with Gasteiger partial charge in [-0.3, -0.25) is 0 Å². The summed E-state index contributed by atoms with van der Waals surface area (Å²) in [4.78, 5) is 4.19. The molecule has 14 heavy (non-hydrogen) atoms. The molecule has 0 saturated carbocycles. The Balaban J connectivity index is 2.39. The molecule has 0 aliphatic heterocycles. The van der Waals surface area contributed by atoms with E-state index in [9.17, 15) is 0 Å². The van der Waals surface area contributed by atoms with E-state index in [1.165, 1.54) is 5.56 Å². The van der Waals surface area contributed by atoms with Crippen LogP contribution in [0.5, 0.6) is 0 Å². The Morgan fingerprint density at radius 2 is 1.93 bits per heavy atom. The molecule has 0 N–H and O–H groups in total. The largest absolute Gasteiger partial charge is 0.249 e. The fourth-order valence-corrected chi connectivity index (χ4v) is 1.45. The Morgan fingerprint density at radius 1 is 1.21 bits per heavy atom. The molecule has 2 aromatic rings. The number of rotatable bonds is 2. The van der Waals surface area contributed by atoms with Gasteiger partial charge in [-0.25, -0.2) is 9.67 Å². The van der Waals surface area contributed by atoms with E-state index in [1.54, 1.807) is 11.0 Å². The molecule has 0 bridgehead atoms. The monoisotopic (exact) mass is 187 g/mol. The summed E-state index contributed by atoms with van der Waals surface area (Å²) < 4.78 is 1.78. The number of nitrogens with zero attached hydrogens (tertiary/aromatic N) is 3. The molecule has 0 saturated heterocycles. The molecule has 3 heteroatoms. The standard InChI is InChI=1S/C11H13N3/c1-3-9-4-6-10(7-5-9)11-12-8-13-14(11)2/h4-8H,3H2,1-2H3. The normalized spacial score (nSPS) is 10.4. The summed E-state index contributed by atoms with van der Waals surface area (Å²) >= 11 is 0. The van der Waals surface area contributed by atoms with E-state index in [0.29, 0.717) is 0 Å². The van der Waals surface area contributed by atoms with Crippen molar-refractivity contribution in [2.45, 2.75) is 13.3 Å². The summed E-state index contributed by atoms with van der Waals surface area (Å²) in [6.07, 6.45) is 2.64. The average Bonchev–Trinajstić information content (AvgIpc) is 2.65. The average molecular weight is 187 g/mol. The van der Waals surface area contributed by atoms with Crippen LogP contribution in [0.15, 0.2) is 30.6 Å². The predicted molar refractivity (Wildman–Crippen MR) is 55.8 cm³/mol. The summed E-state index contributed by atoms with van der Waals surface area (Å²) in [6.45, 7) is 2.15. The maximum absolute atomic E-state index is 4.19. The van der Waals surface area contributed by atoms with Crippen LogP contribution in [0, 0.1) is 0 Å². The molecule has 1 heterocycles. The number of hydrogen-bond acceptors (Lipinski definition) is 2. The van der Waals surface area contributed by atoms with Gasteiger partial charge < -0.3 is 0 Å². The summed E-state index contributed by atoms with van der Waals surface area (Å²) in [6, 6.07) is 8.43. The zero-order valence-electron chi connectivity index (χ0n) is 8.44. The van der Waals surface area contributed by atoms with Crippen molar-refractivity contribution >= 4 is 0 Å². The third-order valence-corrected chi connectivity index (χ3v) is 2.33. The molecule has 0 fully saturated rings. The maximum Gasteiger partial charge on any atom is 0.157 e. The van der Waals surface area contributed by atoms with Gasteiger partial charge in [-0.05, 0) is 12.0 Å². The van der Waals surface area contributed by atoms with Crippen LogP contribution in [0.3, 0.4) is 0 Å². The second kappa shape index (κ2) is 3.62. The number of aryl methyl sites for hydroxylation is 2. The lowest BCUT2D eigenvalue weighted by Crippen LogP contribution is -1.94. The highest BCUT2D eigenvalue weighted by molar-refractivity contribution is 5.55. The molecule has 0 atom stereocenters. The lowest BCUT2D eigenvalue weighted by atomic mass is 10.1. The quantitative estimate of drug-likeness (QED) is 0.720. The van der Waals surface area contributed by atoms with Gasteiger partial charge >= 0.3 is 0 Å². The van der Waals surface area contributed by atoms with Gasteiger partial charge in [0.05, 0.1) is 0 Å². The molecule has 0 spiro atoms. The highest BCUT2D eigenvalue weighted by Crippen LogP contribution is 2.16. The minimum atomic E-state index is 0.910. The second-order valence-corrected chi connectivity index (χ2v) is 3.26. The van der Waals surface area contributed by atoms with Gasteiger partial charge in [0, 0.05) is 12.6 Å². The molecule has 2 rings (SSSR count). The highest BCUT2D eigenvalue weighted by atomic mass is 15.3. The van der Waals surface area contributed by atoms with Gasteiger partial charge in [0.25, 0.3) is 0 Å². The topological polar surface area (TPSA) is 30.7 Å². The molecule has 1 aromatic heterocycles. The lowest BCUT2D eigenvalue weighted by molar-refractivity contribution is 0.774. The number of hydrogen-bond donors (Lipinski definition) is 0. The van der Waals surface area contributed by atoms with Crippen molar-refractivity contribution in [1.82, 2.24) is 14.8 Å². The first-order chi connectivity index (χ1) is 6.81. The number of aromatic nitrogens is 3. The van der Waals surface area contributed by atoms with E-state index in [-0.39, 0.29) is 0 Å². The fraction of sp³-hybridized carbons (Fsp3) is 0.273. The Bertz CT molecular complexity index is 414. The third-order valence-electron chi connectivity index (χ3n) is 2.33. The molecular formula is C11H13N3. The molecular weight excluding hydrogens is 174 g/mol. The molecule has 3 nitrogen and oxygen atoms in total. The van der Waals surface area contributed by atoms with Gasteiger partial charge in [0.15, 0.2) is 5.82 Å². The van der Waals surface area contributed by atoms with Crippen LogP contribution in [-0.2, 0) is 13.5 Å². The van der Waals surface area contributed by atoms with Crippen molar-refractivity contribution in [3.63, 3.8) is 0 Å². The summed E-state index contributed by atoms with van der Waals surface area (Å²) in [5, 5.41) is 4.04. The molecule has 0 aliphatic rings. The Hall–Kier alpha value is -1.64. The highest BCUT2D eigenvalue weighted by Gasteiger charge is 2.02. The minimum Gasteiger partial charge on any atom is -0.249 e. The molecule has 0 radical (unpaired) electrons. The Morgan fingerprint density at radius 3 is 2.43 bits per heavy atom. The van der Waals surface area contributed by atoms with Gasteiger partial charge in [-0.2, -0.15) is 5.10 Å². The molecule has 72 valence electrons. The van der Waals surface area contributed by atoms with Crippen LogP contribution in [0.4, 0.5) is 0 Å². The number of benzene rings is 1. The van der Waals surface area contributed by atoms with Gasteiger partial charge in [-0.15, -0.1) is 0 Å². The minimum absolute atomic E-state index is 0.910. The predicted octanol–water partition coefficient (Wildman–Crippen LogP) is 2.04. The summed E-state index contributed by atoms with van der Waals surface area (Å²) in [5.41, 5.74) is 2.46. The second-order valence-electron chi connectivity index (χ2n) is 3.26. The zero-order valence-corrected chi connectivity index (χ0v) is 8.44. The van der Waals surface area contributed by atoms with Crippen molar-refractivity contribution < 1.29 is 0 Å². The van der Waals surface area contributed by atoms with E-state index >= 15 is 0 Å². The van der Waals surface area contributed by atoms with Crippen molar-refractivity contribution in [3.8, 4) is 11.4 Å². The van der Waals surface area contributed by atoms with Crippen LogP contribution in [-0.4, -0.2) is 14.8 Å². The summed E-state index contributed by atoms with van der Waals surface area (Å²) in [7, 11) is 1.90. The smallest absolute Gasteiger partial charge is 0.157 e. The van der Waals surface area contributed by atoms with Crippen molar-refractivity contribution in [2.24, 2.45) is 7.05 Å². The van der Waals surface area contributed by atoms with E-state index in [2.05, 4.69) is 41.3 Å². The molecule has 0 aliphatic carbocycles. The first-order valence-corrected chi connectivity index (χ1v) is 4.74. The maximum atomic E-state index is 4.19. The van der Waals surface area contributed by atoms with E-state index in [0.717, 1.165) is 17.8 Å². The first kappa shape index (κ1) is 8.94. The first-order valence-electron chi connectivity index (χ1n) is 4.74. The summed E-state index contributed by atoms with van der Waals surface area (Å²) in [5.74, 6) is 0.910. The molecule has 0 unspecified atom stereocenters. The van der Waals surface area contributed by atoms with Crippen LogP contribution >= 0.6 is 0 Å². The fourth-order valence-electron chi connectivity index (χ4n) is 1.45. The zero-order chi connectivity index (χ0) is 9.97. The third kappa shape index (κ3) is 1.53. The van der Waals surface area contributed by atoms with E-state index < -0.39 is 0 Å².